The van der Waals surface area contributed by atoms with Gasteiger partial charge in [0.1, 0.15) is 11.6 Å². The Labute approximate surface area is 211 Å². The summed E-state index contributed by atoms with van der Waals surface area (Å²) in [4.78, 5) is 24.3. The van der Waals surface area contributed by atoms with Gasteiger partial charge in [0.25, 0.3) is 0 Å². The molecule has 1 aliphatic rings. The molecule has 0 bridgehead atoms. The van der Waals surface area contributed by atoms with Crippen molar-refractivity contribution in [3.05, 3.63) is 71.3 Å². The lowest BCUT2D eigenvalue weighted by atomic mass is 10.1. The van der Waals surface area contributed by atoms with Crippen molar-refractivity contribution in [2.45, 2.75) is 39.5 Å². The highest BCUT2D eigenvalue weighted by atomic mass is 32.1. The van der Waals surface area contributed by atoms with E-state index in [1.165, 1.54) is 34.9 Å². The summed E-state index contributed by atoms with van der Waals surface area (Å²) in [5.41, 5.74) is 3.52. The van der Waals surface area contributed by atoms with Gasteiger partial charge in [-0.15, -0.1) is 0 Å². The minimum atomic E-state index is -0.243. The fourth-order valence-electron chi connectivity index (χ4n) is 4.39. The lowest BCUT2D eigenvalue weighted by molar-refractivity contribution is -0.131. The first-order valence-corrected chi connectivity index (χ1v) is 13.2. The molecule has 1 aliphatic heterocycles. The Balaban J connectivity index is 1.31. The number of rotatable bonds is 10. The number of benzene rings is 2. The number of nitrogens with zero attached hydrogens (tertiary/aromatic N) is 5. The third kappa shape index (κ3) is 6.78. The predicted molar refractivity (Wildman–Crippen MR) is 141 cm³/mol. The molecule has 0 atom stereocenters. The number of hydrogen-bond donors (Lipinski definition) is 0. The summed E-state index contributed by atoms with van der Waals surface area (Å²) in [6.07, 6.45) is 3.16. The number of carbonyl (C=O) groups is 1. The molecule has 1 aromatic heterocycles. The normalized spacial score (nSPS) is 13.8. The van der Waals surface area contributed by atoms with Crippen LogP contribution in [0, 0.1) is 12.7 Å². The van der Waals surface area contributed by atoms with Crippen molar-refractivity contribution in [2.75, 3.05) is 49.1 Å². The van der Waals surface area contributed by atoms with E-state index in [9.17, 15) is 9.18 Å². The first-order chi connectivity index (χ1) is 17.0. The van der Waals surface area contributed by atoms with E-state index in [1.807, 2.05) is 4.90 Å². The molecular formula is C27H34FN5OS. The van der Waals surface area contributed by atoms with Gasteiger partial charge in [0.2, 0.25) is 11.0 Å². The molecule has 0 spiro atoms. The van der Waals surface area contributed by atoms with Crippen LogP contribution in [-0.4, -0.2) is 59.4 Å². The number of amides is 1. The van der Waals surface area contributed by atoms with Crippen molar-refractivity contribution in [3.63, 3.8) is 0 Å². The third-order valence-electron chi connectivity index (χ3n) is 6.47. The van der Waals surface area contributed by atoms with E-state index in [2.05, 4.69) is 52.3 Å². The van der Waals surface area contributed by atoms with Gasteiger partial charge in [-0.05, 0) is 42.7 Å². The van der Waals surface area contributed by atoms with Gasteiger partial charge in [0.05, 0.1) is 0 Å². The molecule has 4 rings (SSSR count). The molecule has 0 N–H and O–H groups in total. The van der Waals surface area contributed by atoms with Crippen LogP contribution in [-0.2, 0) is 11.2 Å². The van der Waals surface area contributed by atoms with Crippen LogP contribution in [0.1, 0.15) is 43.1 Å². The molecule has 6 nitrogen and oxygen atoms in total. The maximum absolute atomic E-state index is 13.2. The molecule has 35 heavy (non-hydrogen) atoms. The highest BCUT2D eigenvalue weighted by molar-refractivity contribution is 7.09. The van der Waals surface area contributed by atoms with Gasteiger partial charge in [-0.2, -0.15) is 4.37 Å². The van der Waals surface area contributed by atoms with Gasteiger partial charge in [-0.1, -0.05) is 43.7 Å². The molecule has 1 fully saturated rings. The lowest BCUT2D eigenvalue weighted by Crippen LogP contribution is -2.49. The number of anilines is 2. The Morgan fingerprint density at radius 1 is 1.06 bits per heavy atom. The van der Waals surface area contributed by atoms with E-state index in [1.54, 1.807) is 12.1 Å². The number of halogens is 1. The van der Waals surface area contributed by atoms with E-state index in [0.717, 1.165) is 62.1 Å². The average Bonchev–Trinajstić information content (AvgIpc) is 3.34. The topological polar surface area (TPSA) is 52.6 Å². The summed E-state index contributed by atoms with van der Waals surface area (Å²) in [7, 11) is 0. The van der Waals surface area contributed by atoms with E-state index < -0.39 is 0 Å². The van der Waals surface area contributed by atoms with Gasteiger partial charge in [0.15, 0.2) is 0 Å². The third-order valence-corrected chi connectivity index (χ3v) is 7.28. The Bertz CT molecular complexity index is 1090. The van der Waals surface area contributed by atoms with Crippen LogP contribution in [0.5, 0.6) is 0 Å². The van der Waals surface area contributed by atoms with Crippen LogP contribution in [0.4, 0.5) is 15.2 Å². The standard InChI is InChI=1S/C27H34FN5OS/c1-3-4-14-33(27-29-25(30-35-27)20-22-9-11-23(28)12-10-22)15-13-26(34)32-18-16-31(17-19-32)24-8-6-5-7-21(24)2/h5-12H,3-4,13-20H2,1-2H3. The zero-order valence-corrected chi connectivity index (χ0v) is 21.4. The SMILES string of the molecule is CCCCN(CCC(=O)N1CCN(c2ccccc2C)CC1)c1nc(Cc2ccc(F)cc2)ns1. The second kappa shape index (κ2) is 12.1. The van der Waals surface area contributed by atoms with Crippen molar-refractivity contribution >= 4 is 28.3 Å². The second-order valence-corrected chi connectivity index (χ2v) is 9.77. The van der Waals surface area contributed by atoms with Crippen LogP contribution < -0.4 is 9.80 Å². The zero-order valence-electron chi connectivity index (χ0n) is 20.6. The largest absolute Gasteiger partial charge is 0.368 e. The molecule has 3 aromatic rings. The molecular weight excluding hydrogens is 461 g/mol. The van der Waals surface area contributed by atoms with Crippen molar-refractivity contribution < 1.29 is 9.18 Å². The van der Waals surface area contributed by atoms with Gasteiger partial charge in [-0.3, -0.25) is 4.79 Å². The van der Waals surface area contributed by atoms with Gasteiger partial charge in [0, 0.05) is 69.3 Å². The first-order valence-electron chi connectivity index (χ1n) is 12.4. The van der Waals surface area contributed by atoms with Gasteiger partial charge in [-0.25, -0.2) is 9.37 Å². The quantitative estimate of drug-likeness (QED) is 0.400. The summed E-state index contributed by atoms with van der Waals surface area (Å²) >= 11 is 1.38. The van der Waals surface area contributed by atoms with Crippen LogP contribution in [0.2, 0.25) is 0 Å². The number of piperazine rings is 1. The Kier molecular flexibility index (Phi) is 8.69. The fourth-order valence-corrected chi connectivity index (χ4v) is 5.12. The summed E-state index contributed by atoms with van der Waals surface area (Å²) in [5, 5.41) is 0.854. The predicted octanol–water partition coefficient (Wildman–Crippen LogP) is 4.92. The minimum Gasteiger partial charge on any atom is -0.368 e. The average molecular weight is 496 g/mol. The number of para-hydroxylation sites is 1. The van der Waals surface area contributed by atoms with Crippen molar-refractivity contribution in [2.24, 2.45) is 0 Å². The highest BCUT2D eigenvalue weighted by Gasteiger charge is 2.23. The van der Waals surface area contributed by atoms with Crippen LogP contribution in [0.25, 0.3) is 0 Å². The molecule has 2 heterocycles. The number of aromatic nitrogens is 2. The summed E-state index contributed by atoms with van der Waals surface area (Å²) in [5.74, 6) is 0.691. The molecule has 0 aliphatic carbocycles. The lowest BCUT2D eigenvalue weighted by Gasteiger charge is -2.37. The molecule has 8 heteroatoms. The van der Waals surface area contributed by atoms with Crippen molar-refractivity contribution in [1.29, 1.82) is 0 Å². The van der Waals surface area contributed by atoms with E-state index in [-0.39, 0.29) is 11.7 Å². The highest BCUT2D eigenvalue weighted by Crippen LogP contribution is 2.22. The maximum atomic E-state index is 13.2. The molecule has 186 valence electrons. The fraction of sp³-hybridized carbons (Fsp3) is 0.444. The van der Waals surface area contributed by atoms with E-state index in [4.69, 9.17) is 4.98 Å². The molecule has 2 aromatic carbocycles. The van der Waals surface area contributed by atoms with E-state index in [0.29, 0.717) is 19.4 Å². The van der Waals surface area contributed by atoms with Crippen LogP contribution >= 0.6 is 11.5 Å². The number of carbonyl (C=O) groups excluding carboxylic acids is 1. The van der Waals surface area contributed by atoms with E-state index >= 15 is 0 Å². The Hall–Kier alpha value is -3.00. The Morgan fingerprint density at radius 2 is 1.80 bits per heavy atom. The molecule has 1 saturated heterocycles. The van der Waals surface area contributed by atoms with Gasteiger partial charge < -0.3 is 14.7 Å². The molecule has 0 unspecified atom stereocenters. The van der Waals surface area contributed by atoms with Crippen LogP contribution in [0.15, 0.2) is 48.5 Å². The monoisotopic (exact) mass is 495 g/mol. The maximum Gasteiger partial charge on any atom is 0.224 e. The second-order valence-electron chi connectivity index (χ2n) is 9.04. The summed E-state index contributed by atoms with van der Waals surface area (Å²) < 4.78 is 17.7. The summed E-state index contributed by atoms with van der Waals surface area (Å²) in [6.45, 7) is 9.02. The van der Waals surface area contributed by atoms with Crippen molar-refractivity contribution in [3.8, 4) is 0 Å². The Morgan fingerprint density at radius 3 is 2.51 bits per heavy atom. The van der Waals surface area contributed by atoms with Gasteiger partial charge >= 0.3 is 0 Å². The van der Waals surface area contributed by atoms with Crippen molar-refractivity contribution in [1.82, 2.24) is 14.3 Å². The number of unbranched alkanes of at least 4 members (excludes halogenated alkanes) is 1. The van der Waals surface area contributed by atoms with Crippen LogP contribution in [0.3, 0.4) is 0 Å². The molecule has 0 saturated carbocycles. The minimum absolute atomic E-state index is 0.201. The smallest absolute Gasteiger partial charge is 0.224 e. The zero-order chi connectivity index (χ0) is 24.6. The number of hydrogen-bond acceptors (Lipinski definition) is 6. The molecule has 1 amide bonds. The first kappa shape index (κ1) is 25.1. The summed E-state index contributed by atoms with van der Waals surface area (Å²) in [6, 6.07) is 14.9. The molecule has 0 radical (unpaired) electrons. The number of aryl methyl sites for hydroxylation is 1.